The molecule has 1 atom stereocenters. The molecule has 98 valence electrons. The van der Waals surface area contributed by atoms with Gasteiger partial charge in [0.15, 0.2) is 6.04 Å². The Morgan fingerprint density at radius 2 is 2.11 bits per heavy atom. The summed E-state index contributed by atoms with van der Waals surface area (Å²) in [5, 5.41) is 21.7. The van der Waals surface area contributed by atoms with Crippen molar-refractivity contribution in [2.24, 2.45) is 0 Å². The third-order valence-corrected chi connectivity index (χ3v) is 2.62. The lowest BCUT2D eigenvalue weighted by Crippen LogP contribution is -2.45. The number of hydrogen-bond acceptors (Lipinski definition) is 3. The zero-order chi connectivity index (χ0) is 13.7. The molecule has 1 rings (SSSR count). The maximum Gasteiger partial charge on any atom is 0.328 e. The number of benzene rings is 1. The molecule has 1 aromatic rings. The van der Waals surface area contributed by atoms with Crippen LogP contribution in [0.3, 0.4) is 0 Å². The molecule has 8 heteroatoms. The molecule has 1 aromatic carbocycles. The first-order valence-corrected chi connectivity index (χ1v) is 5.59. The number of carboxylic acid groups (broad SMARTS) is 1. The molecule has 0 saturated heterocycles. The smallest absolute Gasteiger partial charge is 0.328 e. The van der Waals surface area contributed by atoms with Gasteiger partial charge < -0.3 is 20.8 Å². The van der Waals surface area contributed by atoms with Gasteiger partial charge in [0.05, 0.1) is 12.3 Å². The first-order valence-electron chi connectivity index (χ1n) is 4.80. The van der Waals surface area contributed by atoms with Gasteiger partial charge in [0, 0.05) is 4.47 Å². The van der Waals surface area contributed by atoms with Gasteiger partial charge in [-0.2, -0.15) is 0 Å². The van der Waals surface area contributed by atoms with Gasteiger partial charge in [0.2, 0.25) is 0 Å². The van der Waals surface area contributed by atoms with Crippen LogP contribution < -0.4 is 10.6 Å². The third-order valence-electron chi connectivity index (χ3n) is 1.97. The van der Waals surface area contributed by atoms with E-state index in [4.69, 9.17) is 10.2 Å². The Labute approximate surface area is 110 Å². The van der Waals surface area contributed by atoms with Crippen LogP contribution in [0, 0.1) is 5.82 Å². The van der Waals surface area contributed by atoms with Crippen LogP contribution in [-0.2, 0) is 4.79 Å². The minimum Gasteiger partial charge on any atom is -0.480 e. The number of nitrogens with one attached hydrogen (secondary N) is 2. The molecular weight excluding hydrogens is 311 g/mol. The Morgan fingerprint density at radius 1 is 1.44 bits per heavy atom. The Hall–Kier alpha value is -1.67. The van der Waals surface area contributed by atoms with Gasteiger partial charge in [-0.25, -0.2) is 14.0 Å². The Kier molecular flexibility index (Phi) is 5.05. The topological polar surface area (TPSA) is 98.7 Å². The third kappa shape index (κ3) is 3.97. The van der Waals surface area contributed by atoms with Crippen LogP contribution in [0.1, 0.15) is 0 Å². The van der Waals surface area contributed by atoms with E-state index in [1.165, 1.54) is 6.07 Å². The number of carbonyl (C=O) groups excluding carboxylic acids is 1. The summed E-state index contributed by atoms with van der Waals surface area (Å²) in [6.07, 6.45) is 0. The van der Waals surface area contributed by atoms with Crippen LogP contribution in [0.15, 0.2) is 22.7 Å². The summed E-state index contributed by atoms with van der Waals surface area (Å²) in [6.45, 7) is -0.729. The molecule has 4 N–H and O–H groups in total. The normalized spacial score (nSPS) is 11.7. The highest BCUT2D eigenvalue weighted by Crippen LogP contribution is 2.22. The van der Waals surface area contributed by atoms with Gasteiger partial charge in [0.25, 0.3) is 0 Å². The molecule has 18 heavy (non-hydrogen) atoms. The summed E-state index contributed by atoms with van der Waals surface area (Å²) in [5.41, 5.74) is 0.274. The molecule has 1 unspecified atom stereocenters. The number of amides is 2. The van der Waals surface area contributed by atoms with Crippen molar-refractivity contribution >= 4 is 33.6 Å². The van der Waals surface area contributed by atoms with Crippen LogP contribution in [0.5, 0.6) is 0 Å². The molecule has 0 saturated carbocycles. The second-order valence-electron chi connectivity index (χ2n) is 3.30. The van der Waals surface area contributed by atoms with Gasteiger partial charge in [0.1, 0.15) is 5.82 Å². The Morgan fingerprint density at radius 3 is 2.61 bits per heavy atom. The highest BCUT2D eigenvalue weighted by atomic mass is 79.9. The van der Waals surface area contributed by atoms with Gasteiger partial charge >= 0.3 is 12.0 Å². The molecule has 0 aliphatic heterocycles. The lowest BCUT2D eigenvalue weighted by Gasteiger charge is -2.13. The molecule has 0 bridgehead atoms. The lowest BCUT2D eigenvalue weighted by molar-refractivity contribution is -0.140. The second kappa shape index (κ2) is 6.31. The molecule has 0 radical (unpaired) electrons. The number of urea groups is 1. The number of carbonyl (C=O) groups is 2. The van der Waals surface area contributed by atoms with Crippen LogP contribution in [0.4, 0.5) is 14.9 Å². The fourth-order valence-corrected chi connectivity index (χ4v) is 1.54. The van der Waals surface area contributed by atoms with Crippen LogP contribution in [-0.4, -0.2) is 34.9 Å². The minimum absolute atomic E-state index is 0.274. The number of aliphatic hydroxyl groups excluding tert-OH is 1. The van der Waals surface area contributed by atoms with Crippen molar-refractivity contribution in [1.29, 1.82) is 0 Å². The maximum absolute atomic E-state index is 12.8. The van der Waals surface area contributed by atoms with Crippen molar-refractivity contribution in [2.75, 3.05) is 11.9 Å². The fourth-order valence-electron chi connectivity index (χ4n) is 1.09. The molecular formula is C10H10BrFN2O4. The van der Waals surface area contributed by atoms with Crippen molar-refractivity contribution in [2.45, 2.75) is 6.04 Å². The molecule has 0 aliphatic rings. The number of aliphatic carboxylic acids is 1. The van der Waals surface area contributed by atoms with E-state index in [-0.39, 0.29) is 5.69 Å². The summed E-state index contributed by atoms with van der Waals surface area (Å²) in [6, 6.07) is 1.39. The van der Waals surface area contributed by atoms with Gasteiger partial charge in [-0.05, 0) is 34.1 Å². The molecule has 0 spiro atoms. The van der Waals surface area contributed by atoms with Crippen LogP contribution in [0.2, 0.25) is 0 Å². The summed E-state index contributed by atoms with van der Waals surface area (Å²) in [7, 11) is 0. The standard InChI is InChI=1S/C10H10BrFN2O4/c11-6-3-5(12)1-2-7(6)13-10(18)14-8(4-15)9(16)17/h1-3,8,15H,4H2,(H,16,17)(H2,13,14,18). The first-order chi connectivity index (χ1) is 8.43. The van der Waals surface area contributed by atoms with Crippen LogP contribution >= 0.6 is 15.9 Å². The SMILES string of the molecule is O=C(Nc1ccc(F)cc1Br)NC(CO)C(=O)O. The predicted molar refractivity (Wildman–Crippen MR) is 64.8 cm³/mol. The number of hydrogen-bond donors (Lipinski definition) is 4. The van der Waals surface area contributed by atoms with Gasteiger partial charge in [-0.15, -0.1) is 0 Å². The monoisotopic (exact) mass is 320 g/mol. The van der Waals surface area contributed by atoms with Crippen molar-refractivity contribution in [1.82, 2.24) is 5.32 Å². The number of carboxylic acids is 1. The molecule has 0 aliphatic carbocycles. The summed E-state index contributed by atoms with van der Waals surface area (Å²) >= 11 is 3.04. The number of rotatable bonds is 4. The van der Waals surface area contributed by atoms with E-state index in [1.807, 2.05) is 5.32 Å². The van der Waals surface area contributed by atoms with E-state index in [0.29, 0.717) is 4.47 Å². The number of aliphatic hydroxyl groups is 1. The Balaban J connectivity index is 2.67. The highest BCUT2D eigenvalue weighted by Gasteiger charge is 2.18. The lowest BCUT2D eigenvalue weighted by atomic mass is 10.3. The average Bonchev–Trinajstić information content (AvgIpc) is 2.29. The van der Waals surface area contributed by atoms with E-state index in [0.717, 1.165) is 12.1 Å². The van der Waals surface area contributed by atoms with Crippen molar-refractivity contribution < 1.29 is 24.2 Å². The molecule has 2 amide bonds. The summed E-state index contributed by atoms with van der Waals surface area (Å²) in [5.74, 6) is -1.84. The summed E-state index contributed by atoms with van der Waals surface area (Å²) < 4.78 is 13.1. The predicted octanol–water partition coefficient (Wildman–Crippen LogP) is 1.16. The zero-order valence-electron chi connectivity index (χ0n) is 8.98. The number of halogens is 2. The fraction of sp³-hybridized carbons (Fsp3) is 0.200. The Bertz CT molecular complexity index is 469. The number of anilines is 1. The highest BCUT2D eigenvalue weighted by molar-refractivity contribution is 9.10. The molecule has 0 fully saturated rings. The van der Waals surface area contributed by atoms with Crippen molar-refractivity contribution in [3.63, 3.8) is 0 Å². The second-order valence-corrected chi connectivity index (χ2v) is 4.15. The largest absolute Gasteiger partial charge is 0.480 e. The maximum atomic E-state index is 12.8. The average molecular weight is 321 g/mol. The van der Waals surface area contributed by atoms with E-state index in [2.05, 4.69) is 21.2 Å². The zero-order valence-corrected chi connectivity index (χ0v) is 10.6. The quantitative estimate of drug-likeness (QED) is 0.669. The summed E-state index contributed by atoms with van der Waals surface area (Å²) in [4.78, 5) is 22.0. The van der Waals surface area contributed by atoms with Gasteiger partial charge in [-0.3, -0.25) is 0 Å². The van der Waals surface area contributed by atoms with E-state index < -0.39 is 30.5 Å². The molecule has 0 aromatic heterocycles. The molecule has 6 nitrogen and oxygen atoms in total. The first kappa shape index (κ1) is 14.4. The molecule has 0 heterocycles. The van der Waals surface area contributed by atoms with E-state index in [1.54, 1.807) is 0 Å². The van der Waals surface area contributed by atoms with E-state index >= 15 is 0 Å². The minimum atomic E-state index is -1.40. The van der Waals surface area contributed by atoms with Crippen molar-refractivity contribution in [3.8, 4) is 0 Å². The van der Waals surface area contributed by atoms with Crippen molar-refractivity contribution in [3.05, 3.63) is 28.5 Å². The van der Waals surface area contributed by atoms with Gasteiger partial charge in [-0.1, -0.05) is 0 Å². The van der Waals surface area contributed by atoms with Crippen LogP contribution in [0.25, 0.3) is 0 Å². The van der Waals surface area contributed by atoms with E-state index in [9.17, 15) is 14.0 Å².